The van der Waals surface area contributed by atoms with Gasteiger partial charge in [0.25, 0.3) is 0 Å². The maximum Gasteiger partial charge on any atom is 0.128 e. The van der Waals surface area contributed by atoms with Crippen molar-refractivity contribution in [2.75, 3.05) is 6.61 Å². The van der Waals surface area contributed by atoms with Crippen LogP contribution in [0.15, 0.2) is 30.3 Å². The SMILES string of the molecule is CC#CC(C)(O)C1CC(CC)(COCc2ccccc2)OC1(C)C. The molecule has 0 bridgehead atoms. The highest BCUT2D eigenvalue weighted by Crippen LogP contribution is 2.48. The zero-order chi connectivity index (χ0) is 17.8. The lowest BCUT2D eigenvalue weighted by Crippen LogP contribution is -2.43. The van der Waals surface area contributed by atoms with E-state index in [2.05, 4.69) is 30.9 Å². The van der Waals surface area contributed by atoms with Gasteiger partial charge < -0.3 is 14.6 Å². The highest BCUT2D eigenvalue weighted by molar-refractivity contribution is 5.18. The van der Waals surface area contributed by atoms with Crippen molar-refractivity contribution in [1.82, 2.24) is 0 Å². The van der Waals surface area contributed by atoms with Gasteiger partial charge in [-0.25, -0.2) is 0 Å². The highest BCUT2D eigenvalue weighted by atomic mass is 16.6. The van der Waals surface area contributed by atoms with Gasteiger partial charge in [0.05, 0.1) is 24.4 Å². The van der Waals surface area contributed by atoms with Crippen molar-refractivity contribution in [3.63, 3.8) is 0 Å². The molecule has 3 nitrogen and oxygen atoms in total. The number of ether oxygens (including phenoxy) is 2. The molecule has 1 aromatic rings. The van der Waals surface area contributed by atoms with E-state index in [1.165, 1.54) is 0 Å². The van der Waals surface area contributed by atoms with Gasteiger partial charge in [-0.2, -0.15) is 0 Å². The second-order valence-electron chi connectivity index (χ2n) is 7.50. The second kappa shape index (κ2) is 7.27. The zero-order valence-electron chi connectivity index (χ0n) is 15.6. The Labute approximate surface area is 146 Å². The van der Waals surface area contributed by atoms with Crippen LogP contribution in [-0.2, 0) is 16.1 Å². The summed E-state index contributed by atoms with van der Waals surface area (Å²) in [5, 5.41) is 10.8. The zero-order valence-corrected chi connectivity index (χ0v) is 15.6. The molecule has 3 unspecified atom stereocenters. The molecule has 1 aliphatic rings. The van der Waals surface area contributed by atoms with Crippen LogP contribution in [0.1, 0.15) is 53.0 Å². The van der Waals surface area contributed by atoms with Gasteiger partial charge in [0.2, 0.25) is 0 Å². The fraction of sp³-hybridized carbons (Fsp3) is 0.619. The maximum absolute atomic E-state index is 10.8. The van der Waals surface area contributed by atoms with Crippen molar-refractivity contribution in [2.24, 2.45) is 5.92 Å². The summed E-state index contributed by atoms with van der Waals surface area (Å²) in [6, 6.07) is 10.1. The monoisotopic (exact) mass is 330 g/mol. The fourth-order valence-corrected chi connectivity index (χ4v) is 3.84. The molecule has 0 amide bonds. The molecule has 1 aromatic carbocycles. The van der Waals surface area contributed by atoms with E-state index in [1.54, 1.807) is 13.8 Å². The van der Waals surface area contributed by atoms with E-state index in [4.69, 9.17) is 9.47 Å². The smallest absolute Gasteiger partial charge is 0.128 e. The molecule has 1 fully saturated rings. The van der Waals surface area contributed by atoms with Crippen molar-refractivity contribution in [3.8, 4) is 11.8 Å². The normalized spacial score (nSPS) is 28.0. The standard InChI is InChI=1S/C21H30O3/c1-6-13-20(5,22)18-14-21(7-2,24-19(18,3)4)16-23-15-17-11-9-8-10-12-17/h8-12,18,22H,7,14-16H2,1-5H3. The average molecular weight is 330 g/mol. The Bertz CT molecular complexity index is 595. The van der Waals surface area contributed by atoms with Gasteiger partial charge in [-0.15, -0.1) is 5.92 Å². The molecule has 1 aliphatic heterocycles. The molecule has 0 aromatic heterocycles. The molecule has 132 valence electrons. The lowest BCUT2D eigenvalue weighted by atomic mass is 9.75. The van der Waals surface area contributed by atoms with Crippen LogP contribution >= 0.6 is 0 Å². The molecule has 3 atom stereocenters. The van der Waals surface area contributed by atoms with Gasteiger partial charge in [0, 0.05) is 5.92 Å². The van der Waals surface area contributed by atoms with Crippen LogP contribution in [0.5, 0.6) is 0 Å². The minimum Gasteiger partial charge on any atom is -0.377 e. The number of hydrogen-bond acceptors (Lipinski definition) is 3. The Kier molecular flexibility index (Phi) is 5.75. The molecule has 0 saturated carbocycles. The van der Waals surface area contributed by atoms with Gasteiger partial charge in [-0.1, -0.05) is 43.2 Å². The number of aliphatic hydroxyl groups is 1. The van der Waals surface area contributed by atoms with E-state index in [1.807, 2.05) is 32.0 Å². The second-order valence-corrected chi connectivity index (χ2v) is 7.50. The Balaban J connectivity index is 2.08. The fourth-order valence-electron chi connectivity index (χ4n) is 3.84. The first-order chi connectivity index (χ1) is 11.2. The molecule has 2 rings (SSSR count). The molecule has 1 heterocycles. The molecular formula is C21H30O3. The first-order valence-electron chi connectivity index (χ1n) is 8.73. The van der Waals surface area contributed by atoms with Gasteiger partial charge in [-0.05, 0) is 46.1 Å². The Morgan fingerprint density at radius 1 is 1.33 bits per heavy atom. The molecule has 0 spiro atoms. The molecule has 24 heavy (non-hydrogen) atoms. The molecular weight excluding hydrogens is 300 g/mol. The van der Waals surface area contributed by atoms with Crippen LogP contribution in [0.2, 0.25) is 0 Å². The average Bonchev–Trinajstić information content (AvgIpc) is 2.81. The van der Waals surface area contributed by atoms with Crippen LogP contribution in [0.25, 0.3) is 0 Å². The molecule has 0 radical (unpaired) electrons. The molecule has 1 N–H and O–H groups in total. The topological polar surface area (TPSA) is 38.7 Å². The number of rotatable bonds is 6. The summed E-state index contributed by atoms with van der Waals surface area (Å²) in [6.45, 7) is 10.8. The predicted molar refractivity (Wildman–Crippen MR) is 96.5 cm³/mol. The summed E-state index contributed by atoms with van der Waals surface area (Å²) >= 11 is 0. The van der Waals surface area contributed by atoms with E-state index in [0.29, 0.717) is 13.2 Å². The third-order valence-electron chi connectivity index (χ3n) is 5.07. The molecule has 0 aliphatic carbocycles. The van der Waals surface area contributed by atoms with Crippen molar-refractivity contribution >= 4 is 0 Å². The van der Waals surface area contributed by atoms with Gasteiger partial charge in [0.1, 0.15) is 5.60 Å². The largest absolute Gasteiger partial charge is 0.377 e. The lowest BCUT2D eigenvalue weighted by Gasteiger charge is -2.34. The van der Waals surface area contributed by atoms with Crippen molar-refractivity contribution < 1.29 is 14.6 Å². The van der Waals surface area contributed by atoms with E-state index in [9.17, 15) is 5.11 Å². The van der Waals surface area contributed by atoms with Gasteiger partial charge in [0.15, 0.2) is 0 Å². The van der Waals surface area contributed by atoms with Crippen LogP contribution in [0, 0.1) is 17.8 Å². The van der Waals surface area contributed by atoms with Gasteiger partial charge >= 0.3 is 0 Å². The Hall–Kier alpha value is -1.34. The Morgan fingerprint density at radius 3 is 2.58 bits per heavy atom. The molecule has 1 saturated heterocycles. The predicted octanol–water partition coefficient (Wildman–Crippen LogP) is 3.94. The van der Waals surface area contributed by atoms with Crippen LogP contribution < -0.4 is 0 Å². The quantitative estimate of drug-likeness (QED) is 0.803. The maximum atomic E-state index is 10.8. The first kappa shape index (κ1) is 19.0. The van der Waals surface area contributed by atoms with E-state index in [0.717, 1.165) is 18.4 Å². The minimum absolute atomic E-state index is 0.0577. The lowest BCUT2D eigenvalue weighted by molar-refractivity contribution is -0.138. The third kappa shape index (κ3) is 4.19. The summed E-state index contributed by atoms with van der Waals surface area (Å²) in [5.74, 6) is 5.74. The van der Waals surface area contributed by atoms with Crippen molar-refractivity contribution in [1.29, 1.82) is 0 Å². The van der Waals surface area contributed by atoms with Crippen LogP contribution in [-0.4, -0.2) is 28.5 Å². The Morgan fingerprint density at radius 2 is 2.00 bits per heavy atom. The van der Waals surface area contributed by atoms with Gasteiger partial charge in [-0.3, -0.25) is 0 Å². The number of benzene rings is 1. The first-order valence-corrected chi connectivity index (χ1v) is 8.73. The summed E-state index contributed by atoms with van der Waals surface area (Å²) in [6.07, 6.45) is 1.59. The van der Waals surface area contributed by atoms with Crippen LogP contribution in [0.4, 0.5) is 0 Å². The van der Waals surface area contributed by atoms with Crippen molar-refractivity contribution in [2.45, 2.75) is 70.9 Å². The number of hydrogen-bond donors (Lipinski definition) is 1. The summed E-state index contributed by atoms with van der Waals surface area (Å²) in [4.78, 5) is 0. The van der Waals surface area contributed by atoms with E-state index >= 15 is 0 Å². The minimum atomic E-state index is -1.06. The third-order valence-corrected chi connectivity index (χ3v) is 5.07. The highest BCUT2D eigenvalue weighted by Gasteiger charge is 2.55. The summed E-state index contributed by atoms with van der Waals surface area (Å²) < 4.78 is 12.4. The molecule has 3 heteroatoms. The van der Waals surface area contributed by atoms with Crippen LogP contribution in [0.3, 0.4) is 0 Å². The summed E-state index contributed by atoms with van der Waals surface area (Å²) in [5.41, 5.74) is -0.724. The summed E-state index contributed by atoms with van der Waals surface area (Å²) in [7, 11) is 0. The van der Waals surface area contributed by atoms with E-state index < -0.39 is 11.2 Å². The van der Waals surface area contributed by atoms with E-state index in [-0.39, 0.29) is 11.5 Å². The van der Waals surface area contributed by atoms with Crippen molar-refractivity contribution in [3.05, 3.63) is 35.9 Å².